The third-order valence-corrected chi connectivity index (χ3v) is 3.90. The van der Waals surface area contributed by atoms with E-state index in [9.17, 15) is 4.79 Å². The summed E-state index contributed by atoms with van der Waals surface area (Å²) < 4.78 is 11.3. The van der Waals surface area contributed by atoms with Gasteiger partial charge in [0.25, 0.3) is 0 Å². The van der Waals surface area contributed by atoms with Crippen LogP contribution in [0.5, 0.6) is 5.75 Å². The lowest BCUT2D eigenvalue weighted by Gasteiger charge is -2.22. The molecule has 0 spiro atoms. The zero-order valence-corrected chi connectivity index (χ0v) is 14.5. The quantitative estimate of drug-likeness (QED) is 0.799. The van der Waals surface area contributed by atoms with Gasteiger partial charge in [-0.1, -0.05) is 6.07 Å². The summed E-state index contributed by atoms with van der Waals surface area (Å²) in [7, 11) is 0. The van der Waals surface area contributed by atoms with Crippen molar-refractivity contribution >= 4 is 24.0 Å². The van der Waals surface area contributed by atoms with Crippen LogP contribution in [0.3, 0.4) is 0 Å². The van der Waals surface area contributed by atoms with Crippen molar-refractivity contribution in [1.29, 1.82) is 0 Å². The first-order valence-electron chi connectivity index (χ1n) is 8.00. The topological polar surface area (TPSA) is 73.6 Å². The van der Waals surface area contributed by atoms with E-state index in [1.807, 2.05) is 25.1 Å². The van der Waals surface area contributed by atoms with Crippen molar-refractivity contribution in [2.75, 3.05) is 31.7 Å². The molecule has 2 rings (SSSR count). The van der Waals surface area contributed by atoms with Gasteiger partial charge in [0.15, 0.2) is 0 Å². The Labute approximate surface area is 144 Å². The predicted octanol–water partition coefficient (Wildman–Crippen LogP) is 2.90. The van der Waals surface area contributed by atoms with Gasteiger partial charge in [0.2, 0.25) is 5.91 Å². The number of hydrogen-bond acceptors (Lipinski definition) is 4. The van der Waals surface area contributed by atoms with Crippen LogP contribution >= 0.6 is 12.4 Å². The number of halogens is 1. The number of ether oxygens (including phenoxy) is 2. The van der Waals surface area contributed by atoms with Gasteiger partial charge in [-0.25, -0.2) is 0 Å². The molecule has 1 amide bonds. The van der Waals surface area contributed by atoms with Crippen molar-refractivity contribution in [3.8, 4) is 5.75 Å². The molecule has 1 aliphatic heterocycles. The molecule has 1 aromatic rings. The molecule has 1 saturated heterocycles. The van der Waals surface area contributed by atoms with Crippen molar-refractivity contribution in [3.63, 3.8) is 0 Å². The molecule has 130 valence electrons. The molecule has 0 radical (unpaired) electrons. The highest BCUT2D eigenvalue weighted by atomic mass is 35.5. The second-order valence-electron chi connectivity index (χ2n) is 5.79. The zero-order valence-electron chi connectivity index (χ0n) is 13.7. The fourth-order valence-electron chi connectivity index (χ4n) is 2.44. The van der Waals surface area contributed by atoms with Gasteiger partial charge < -0.3 is 20.5 Å². The largest absolute Gasteiger partial charge is 0.493 e. The van der Waals surface area contributed by atoms with Crippen molar-refractivity contribution in [1.82, 2.24) is 0 Å². The average Bonchev–Trinajstić information content (AvgIpc) is 2.54. The van der Waals surface area contributed by atoms with E-state index in [1.54, 1.807) is 0 Å². The molecule has 1 heterocycles. The van der Waals surface area contributed by atoms with E-state index < -0.39 is 0 Å². The van der Waals surface area contributed by atoms with Crippen LogP contribution in [0.2, 0.25) is 0 Å². The average molecular weight is 343 g/mol. The van der Waals surface area contributed by atoms with Gasteiger partial charge in [-0.05, 0) is 50.3 Å². The number of amides is 1. The summed E-state index contributed by atoms with van der Waals surface area (Å²) in [5.74, 6) is 1.38. The van der Waals surface area contributed by atoms with Gasteiger partial charge in [0, 0.05) is 31.4 Å². The number of carbonyl (C=O) groups excluding carboxylic acids is 1. The molecule has 0 aromatic heterocycles. The standard InChI is InChI=1S/C17H26N2O3.ClH/c1-13-4-5-15(19-17(20)3-2-8-18)11-16(13)22-12-14-6-9-21-10-7-14;/h4-5,11,14H,2-3,6-10,12,18H2,1H3,(H,19,20);1H. The summed E-state index contributed by atoms with van der Waals surface area (Å²) in [6.07, 6.45) is 3.25. The van der Waals surface area contributed by atoms with E-state index in [0.717, 1.165) is 43.1 Å². The van der Waals surface area contributed by atoms with Crippen molar-refractivity contribution in [3.05, 3.63) is 23.8 Å². The first kappa shape index (κ1) is 19.7. The number of rotatable bonds is 7. The first-order valence-corrected chi connectivity index (χ1v) is 8.00. The number of nitrogens with one attached hydrogen (secondary N) is 1. The van der Waals surface area contributed by atoms with E-state index in [4.69, 9.17) is 15.2 Å². The van der Waals surface area contributed by atoms with Crippen LogP contribution < -0.4 is 15.8 Å². The Kier molecular flexibility index (Phi) is 8.99. The SMILES string of the molecule is Cc1ccc(NC(=O)CCCN)cc1OCC1CCOCC1.Cl. The number of carbonyl (C=O) groups is 1. The number of anilines is 1. The molecule has 1 fully saturated rings. The highest BCUT2D eigenvalue weighted by Gasteiger charge is 2.15. The van der Waals surface area contributed by atoms with Gasteiger partial charge in [-0.3, -0.25) is 4.79 Å². The minimum atomic E-state index is -0.00955. The highest BCUT2D eigenvalue weighted by molar-refractivity contribution is 5.90. The third kappa shape index (κ3) is 6.77. The lowest BCUT2D eigenvalue weighted by molar-refractivity contribution is -0.116. The smallest absolute Gasteiger partial charge is 0.224 e. The van der Waals surface area contributed by atoms with E-state index in [0.29, 0.717) is 31.9 Å². The molecule has 0 saturated carbocycles. The maximum Gasteiger partial charge on any atom is 0.224 e. The Morgan fingerprint density at radius 2 is 2.13 bits per heavy atom. The molecule has 6 heteroatoms. The van der Waals surface area contributed by atoms with Crippen LogP contribution in [0, 0.1) is 12.8 Å². The summed E-state index contributed by atoms with van der Waals surface area (Å²) >= 11 is 0. The Bertz CT molecular complexity index is 491. The fraction of sp³-hybridized carbons (Fsp3) is 0.588. The Morgan fingerprint density at radius 3 is 2.83 bits per heavy atom. The van der Waals surface area contributed by atoms with Crippen LogP contribution in [-0.2, 0) is 9.53 Å². The van der Waals surface area contributed by atoms with E-state index in [-0.39, 0.29) is 18.3 Å². The Hall–Kier alpha value is -1.30. The van der Waals surface area contributed by atoms with Crippen LogP contribution in [0.25, 0.3) is 0 Å². The van der Waals surface area contributed by atoms with Gasteiger partial charge in [-0.15, -0.1) is 12.4 Å². The van der Waals surface area contributed by atoms with Gasteiger partial charge >= 0.3 is 0 Å². The Balaban J connectivity index is 0.00000264. The normalized spacial score (nSPS) is 14.9. The van der Waals surface area contributed by atoms with Gasteiger partial charge in [0.1, 0.15) is 5.75 Å². The predicted molar refractivity (Wildman–Crippen MR) is 94.4 cm³/mol. The monoisotopic (exact) mass is 342 g/mol. The second-order valence-corrected chi connectivity index (χ2v) is 5.79. The third-order valence-electron chi connectivity index (χ3n) is 3.90. The number of aryl methyl sites for hydroxylation is 1. The van der Waals surface area contributed by atoms with Gasteiger partial charge in [0.05, 0.1) is 6.61 Å². The summed E-state index contributed by atoms with van der Waals surface area (Å²) in [5.41, 5.74) is 7.26. The first-order chi connectivity index (χ1) is 10.7. The van der Waals surface area contributed by atoms with Crippen molar-refractivity contribution in [2.45, 2.75) is 32.6 Å². The molecule has 5 nitrogen and oxygen atoms in total. The summed E-state index contributed by atoms with van der Waals surface area (Å²) in [6.45, 7) is 4.89. The Morgan fingerprint density at radius 1 is 1.39 bits per heavy atom. The van der Waals surface area contributed by atoms with Crippen LogP contribution in [0.15, 0.2) is 18.2 Å². The van der Waals surface area contributed by atoms with Crippen LogP contribution in [0.1, 0.15) is 31.2 Å². The van der Waals surface area contributed by atoms with Crippen molar-refractivity contribution in [2.24, 2.45) is 11.7 Å². The second kappa shape index (κ2) is 10.5. The molecular weight excluding hydrogens is 316 g/mol. The number of benzene rings is 1. The zero-order chi connectivity index (χ0) is 15.8. The molecule has 3 N–H and O–H groups in total. The van der Waals surface area contributed by atoms with E-state index in [1.165, 1.54) is 0 Å². The molecule has 1 aromatic carbocycles. The summed E-state index contributed by atoms with van der Waals surface area (Å²) in [5, 5.41) is 2.89. The molecule has 23 heavy (non-hydrogen) atoms. The lowest BCUT2D eigenvalue weighted by atomic mass is 10.0. The van der Waals surface area contributed by atoms with Crippen LogP contribution in [0.4, 0.5) is 5.69 Å². The van der Waals surface area contributed by atoms with Crippen molar-refractivity contribution < 1.29 is 14.3 Å². The molecular formula is C17H27ClN2O3. The van der Waals surface area contributed by atoms with E-state index in [2.05, 4.69) is 5.32 Å². The van der Waals surface area contributed by atoms with Crippen LogP contribution in [-0.4, -0.2) is 32.3 Å². The number of hydrogen-bond donors (Lipinski definition) is 2. The summed E-state index contributed by atoms with van der Waals surface area (Å²) in [6, 6.07) is 5.77. The minimum Gasteiger partial charge on any atom is -0.493 e. The van der Waals surface area contributed by atoms with E-state index >= 15 is 0 Å². The fourth-order valence-corrected chi connectivity index (χ4v) is 2.44. The molecule has 0 bridgehead atoms. The summed E-state index contributed by atoms with van der Waals surface area (Å²) in [4.78, 5) is 11.8. The lowest BCUT2D eigenvalue weighted by Crippen LogP contribution is -2.21. The molecule has 1 aliphatic rings. The molecule has 0 atom stereocenters. The molecule has 0 aliphatic carbocycles. The maximum absolute atomic E-state index is 11.8. The highest BCUT2D eigenvalue weighted by Crippen LogP contribution is 2.25. The molecule has 0 unspecified atom stereocenters. The minimum absolute atomic E-state index is 0. The maximum atomic E-state index is 11.8. The number of nitrogens with two attached hydrogens (primary N) is 1. The van der Waals surface area contributed by atoms with Gasteiger partial charge in [-0.2, -0.15) is 0 Å².